The standard InChI is InChI=1S/C18H23N3O5S/c1-4-26-15(23)13-10(2)11(3)27-14(13)19-12(22)9-21-16(24)18(20-17(21)25)7-5-6-8-18/h4-9H2,1-3H3,(H,19,22)(H,20,25). The Labute approximate surface area is 161 Å². The summed E-state index contributed by atoms with van der Waals surface area (Å²) < 4.78 is 5.06. The average molecular weight is 393 g/mol. The van der Waals surface area contributed by atoms with Crippen LogP contribution in [0.5, 0.6) is 0 Å². The Balaban J connectivity index is 1.73. The van der Waals surface area contributed by atoms with Crippen LogP contribution in [0.3, 0.4) is 0 Å². The van der Waals surface area contributed by atoms with Crippen LogP contribution in [0.1, 0.15) is 53.4 Å². The molecular weight excluding hydrogens is 370 g/mol. The van der Waals surface area contributed by atoms with Crippen molar-refractivity contribution in [2.75, 3.05) is 18.5 Å². The highest BCUT2D eigenvalue weighted by Gasteiger charge is 2.52. The zero-order valence-corrected chi connectivity index (χ0v) is 16.5. The van der Waals surface area contributed by atoms with E-state index in [0.717, 1.165) is 28.2 Å². The number of esters is 1. The van der Waals surface area contributed by atoms with Crippen LogP contribution in [-0.2, 0) is 14.3 Å². The summed E-state index contributed by atoms with van der Waals surface area (Å²) >= 11 is 1.27. The molecule has 1 saturated carbocycles. The molecule has 8 nitrogen and oxygen atoms in total. The molecule has 146 valence electrons. The Morgan fingerprint density at radius 3 is 2.56 bits per heavy atom. The molecule has 1 aliphatic carbocycles. The molecular formula is C18H23N3O5S. The molecule has 27 heavy (non-hydrogen) atoms. The summed E-state index contributed by atoms with van der Waals surface area (Å²) in [6.45, 7) is 5.19. The van der Waals surface area contributed by atoms with Gasteiger partial charge < -0.3 is 15.4 Å². The van der Waals surface area contributed by atoms with Gasteiger partial charge in [-0.1, -0.05) is 12.8 Å². The van der Waals surface area contributed by atoms with Gasteiger partial charge in [0.25, 0.3) is 5.91 Å². The molecule has 0 radical (unpaired) electrons. The fourth-order valence-corrected chi connectivity index (χ4v) is 4.68. The maximum atomic E-state index is 12.6. The first-order valence-electron chi connectivity index (χ1n) is 9.00. The molecule has 4 amide bonds. The number of aryl methyl sites for hydroxylation is 1. The quantitative estimate of drug-likeness (QED) is 0.590. The van der Waals surface area contributed by atoms with Gasteiger partial charge >= 0.3 is 12.0 Å². The van der Waals surface area contributed by atoms with Crippen LogP contribution in [0.2, 0.25) is 0 Å². The van der Waals surface area contributed by atoms with Crippen LogP contribution in [0.15, 0.2) is 0 Å². The minimum Gasteiger partial charge on any atom is -0.462 e. The van der Waals surface area contributed by atoms with Gasteiger partial charge in [0.1, 0.15) is 17.1 Å². The highest BCUT2D eigenvalue weighted by molar-refractivity contribution is 7.16. The van der Waals surface area contributed by atoms with E-state index in [9.17, 15) is 19.2 Å². The maximum Gasteiger partial charge on any atom is 0.341 e. The van der Waals surface area contributed by atoms with E-state index in [1.807, 2.05) is 6.92 Å². The van der Waals surface area contributed by atoms with E-state index >= 15 is 0 Å². The number of carbonyl (C=O) groups excluding carboxylic acids is 4. The van der Waals surface area contributed by atoms with Crippen molar-refractivity contribution < 1.29 is 23.9 Å². The highest BCUT2D eigenvalue weighted by atomic mass is 32.1. The third kappa shape index (κ3) is 3.43. The molecule has 2 aliphatic rings. The molecule has 1 aliphatic heterocycles. The van der Waals surface area contributed by atoms with Gasteiger partial charge in [0.15, 0.2) is 0 Å². The van der Waals surface area contributed by atoms with Crippen molar-refractivity contribution in [1.82, 2.24) is 10.2 Å². The predicted molar refractivity (Wildman–Crippen MR) is 99.8 cm³/mol. The summed E-state index contributed by atoms with van der Waals surface area (Å²) in [7, 11) is 0. The van der Waals surface area contributed by atoms with Gasteiger partial charge in [-0.05, 0) is 39.2 Å². The lowest BCUT2D eigenvalue weighted by Gasteiger charge is -2.19. The Morgan fingerprint density at radius 2 is 1.93 bits per heavy atom. The minimum atomic E-state index is -0.844. The molecule has 2 fully saturated rings. The van der Waals surface area contributed by atoms with Crippen molar-refractivity contribution in [3.63, 3.8) is 0 Å². The van der Waals surface area contributed by atoms with Crippen LogP contribution in [-0.4, -0.2) is 47.4 Å². The Kier molecular flexibility index (Phi) is 5.23. The fraction of sp³-hybridized carbons (Fsp3) is 0.556. The molecule has 1 saturated heterocycles. The number of nitrogens with zero attached hydrogens (tertiary/aromatic N) is 1. The Morgan fingerprint density at radius 1 is 1.26 bits per heavy atom. The van der Waals surface area contributed by atoms with Crippen molar-refractivity contribution in [3.8, 4) is 0 Å². The SMILES string of the molecule is CCOC(=O)c1c(NC(=O)CN2C(=O)NC3(CCCC3)C2=O)sc(C)c1C. The number of hydrogen-bond acceptors (Lipinski definition) is 6. The molecule has 0 unspecified atom stereocenters. The second kappa shape index (κ2) is 7.30. The van der Waals surface area contributed by atoms with Gasteiger partial charge in [-0.3, -0.25) is 14.5 Å². The molecule has 9 heteroatoms. The van der Waals surface area contributed by atoms with Crippen LogP contribution < -0.4 is 10.6 Å². The van der Waals surface area contributed by atoms with Crippen molar-refractivity contribution in [2.45, 2.75) is 52.0 Å². The maximum absolute atomic E-state index is 12.6. The van der Waals surface area contributed by atoms with Crippen molar-refractivity contribution >= 4 is 40.2 Å². The number of imide groups is 1. The van der Waals surface area contributed by atoms with Crippen molar-refractivity contribution in [3.05, 3.63) is 16.0 Å². The molecule has 1 aromatic rings. The minimum absolute atomic E-state index is 0.227. The van der Waals surface area contributed by atoms with E-state index in [4.69, 9.17) is 4.74 Å². The first-order chi connectivity index (χ1) is 12.8. The van der Waals surface area contributed by atoms with E-state index < -0.39 is 23.4 Å². The number of carbonyl (C=O) groups is 4. The van der Waals surface area contributed by atoms with Crippen LogP contribution >= 0.6 is 11.3 Å². The predicted octanol–water partition coefficient (Wildman–Crippen LogP) is 2.34. The summed E-state index contributed by atoms with van der Waals surface area (Å²) in [6, 6.07) is -0.541. The largest absolute Gasteiger partial charge is 0.462 e. The van der Waals surface area contributed by atoms with E-state index in [-0.39, 0.29) is 19.1 Å². The van der Waals surface area contributed by atoms with Crippen LogP contribution in [0, 0.1) is 13.8 Å². The van der Waals surface area contributed by atoms with Crippen LogP contribution in [0.4, 0.5) is 9.80 Å². The zero-order chi connectivity index (χ0) is 19.8. The number of nitrogens with one attached hydrogen (secondary N) is 2. The van der Waals surface area contributed by atoms with E-state index in [1.165, 1.54) is 11.3 Å². The number of urea groups is 1. The van der Waals surface area contributed by atoms with E-state index in [1.54, 1.807) is 13.8 Å². The number of amides is 4. The lowest BCUT2D eigenvalue weighted by Crippen LogP contribution is -2.44. The number of anilines is 1. The second-order valence-electron chi connectivity index (χ2n) is 6.87. The summed E-state index contributed by atoms with van der Waals surface area (Å²) in [5.74, 6) is -1.38. The Hall–Kier alpha value is -2.42. The second-order valence-corrected chi connectivity index (χ2v) is 8.09. The lowest BCUT2D eigenvalue weighted by molar-refractivity contribution is -0.133. The van der Waals surface area contributed by atoms with Crippen molar-refractivity contribution in [1.29, 1.82) is 0 Å². The molecule has 0 atom stereocenters. The van der Waals surface area contributed by atoms with Gasteiger partial charge in [-0.25, -0.2) is 9.59 Å². The molecule has 2 heterocycles. The number of hydrogen-bond donors (Lipinski definition) is 2. The average Bonchev–Trinajstić information content (AvgIpc) is 3.24. The summed E-state index contributed by atoms with van der Waals surface area (Å²) in [4.78, 5) is 51.4. The van der Waals surface area contributed by atoms with E-state index in [0.29, 0.717) is 23.4 Å². The summed E-state index contributed by atoms with van der Waals surface area (Å²) in [5.41, 5.74) is 0.217. The van der Waals surface area contributed by atoms with Crippen LogP contribution in [0.25, 0.3) is 0 Å². The summed E-state index contributed by atoms with van der Waals surface area (Å²) in [5, 5.41) is 5.78. The van der Waals surface area contributed by atoms with Gasteiger partial charge in [0, 0.05) is 4.88 Å². The monoisotopic (exact) mass is 393 g/mol. The first-order valence-corrected chi connectivity index (χ1v) is 9.82. The molecule has 3 rings (SSSR count). The van der Waals surface area contributed by atoms with Gasteiger partial charge in [0.05, 0.1) is 12.2 Å². The molecule has 0 aromatic carbocycles. The van der Waals surface area contributed by atoms with Crippen molar-refractivity contribution in [2.24, 2.45) is 0 Å². The van der Waals surface area contributed by atoms with Gasteiger partial charge in [-0.15, -0.1) is 11.3 Å². The van der Waals surface area contributed by atoms with Gasteiger partial charge in [-0.2, -0.15) is 0 Å². The molecule has 1 aromatic heterocycles. The third-order valence-electron chi connectivity index (χ3n) is 5.12. The van der Waals surface area contributed by atoms with Gasteiger partial charge in [0.2, 0.25) is 5.91 Å². The smallest absolute Gasteiger partial charge is 0.341 e. The number of ether oxygens (including phenoxy) is 1. The third-order valence-corrected chi connectivity index (χ3v) is 6.25. The highest BCUT2D eigenvalue weighted by Crippen LogP contribution is 2.35. The fourth-order valence-electron chi connectivity index (χ4n) is 3.61. The summed E-state index contributed by atoms with van der Waals surface area (Å²) in [6.07, 6.45) is 2.96. The molecule has 0 bridgehead atoms. The topological polar surface area (TPSA) is 105 Å². The Bertz CT molecular complexity index is 810. The zero-order valence-electron chi connectivity index (χ0n) is 15.6. The lowest BCUT2D eigenvalue weighted by atomic mass is 9.98. The van der Waals surface area contributed by atoms with E-state index in [2.05, 4.69) is 10.6 Å². The molecule has 2 N–H and O–H groups in total. The first kappa shape index (κ1) is 19.3. The normalized spacial score (nSPS) is 18.1. The molecule has 1 spiro atoms. The number of thiophene rings is 1. The number of rotatable bonds is 5.